The molecule has 3 aliphatic rings. The van der Waals surface area contributed by atoms with Gasteiger partial charge in [0, 0.05) is 18.0 Å². The number of likely N-dealkylation sites (tertiary alicyclic amines) is 1. The van der Waals surface area contributed by atoms with E-state index in [1.165, 1.54) is 64.5 Å². The second-order valence-corrected chi connectivity index (χ2v) is 7.64. The zero-order valence-electron chi connectivity index (χ0n) is 13.7. The lowest BCUT2D eigenvalue weighted by Crippen LogP contribution is -2.50. The van der Waals surface area contributed by atoms with Crippen LogP contribution in [0.1, 0.15) is 71.1 Å². The maximum atomic E-state index is 12.3. The fourth-order valence-corrected chi connectivity index (χ4v) is 4.81. The Morgan fingerprint density at radius 2 is 1.67 bits per heavy atom. The number of amides is 1. The monoisotopic (exact) mass is 292 g/mol. The van der Waals surface area contributed by atoms with Gasteiger partial charge in [-0.25, -0.2) is 0 Å². The van der Waals surface area contributed by atoms with Crippen molar-refractivity contribution >= 4 is 5.91 Å². The molecule has 3 unspecified atom stereocenters. The predicted octanol–water partition coefficient (Wildman–Crippen LogP) is 3.34. The first kappa shape index (κ1) is 15.3. The molecule has 0 spiro atoms. The average Bonchev–Trinajstić information content (AvgIpc) is 3.02. The summed E-state index contributed by atoms with van der Waals surface area (Å²) in [6, 6.07) is 1.21. The van der Waals surface area contributed by atoms with Crippen molar-refractivity contribution in [2.45, 2.75) is 83.2 Å². The second kappa shape index (κ2) is 7.13. The van der Waals surface area contributed by atoms with Gasteiger partial charge in [-0.15, -0.1) is 0 Å². The van der Waals surface area contributed by atoms with Gasteiger partial charge in [0.1, 0.15) is 0 Å². The lowest BCUT2D eigenvalue weighted by atomic mass is 9.81. The molecule has 1 amide bonds. The van der Waals surface area contributed by atoms with Gasteiger partial charge in [-0.1, -0.05) is 26.2 Å². The molecule has 3 rings (SSSR count). The highest BCUT2D eigenvalue weighted by atomic mass is 16.1. The van der Waals surface area contributed by atoms with Crippen LogP contribution in [-0.4, -0.2) is 36.0 Å². The highest BCUT2D eigenvalue weighted by molar-refractivity contribution is 5.79. The summed E-state index contributed by atoms with van der Waals surface area (Å²) in [5.74, 6) is 1.40. The first-order valence-electron chi connectivity index (χ1n) is 9.28. The standard InChI is InChI=1S/C18H32N2O/c1-14-13-16(19-18(21)15-7-3-4-8-15)9-10-17(14)20-11-5-2-6-12-20/h14-17H,2-13H2,1H3,(H,19,21). The zero-order valence-corrected chi connectivity index (χ0v) is 13.7. The number of hydrogen-bond donors (Lipinski definition) is 1. The van der Waals surface area contributed by atoms with E-state index < -0.39 is 0 Å². The average molecular weight is 292 g/mol. The minimum atomic E-state index is 0.320. The summed E-state index contributed by atoms with van der Waals surface area (Å²) in [4.78, 5) is 15.0. The van der Waals surface area contributed by atoms with Crippen molar-refractivity contribution in [2.75, 3.05) is 13.1 Å². The van der Waals surface area contributed by atoms with Crippen molar-refractivity contribution in [3.8, 4) is 0 Å². The van der Waals surface area contributed by atoms with Gasteiger partial charge >= 0.3 is 0 Å². The molecule has 2 saturated carbocycles. The molecule has 3 heteroatoms. The fourth-order valence-electron chi connectivity index (χ4n) is 4.81. The van der Waals surface area contributed by atoms with E-state index in [2.05, 4.69) is 17.1 Å². The summed E-state index contributed by atoms with van der Waals surface area (Å²) in [6.45, 7) is 5.00. The molecular weight excluding hydrogens is 260 g/mol. The summed E-state index contributed by atoms with van der Waals surface area (Å²) in [7, 11) is 0. The van der Waals surface area contributed by atoms with Crippen molar-refractivity contribution in [1.29, 1.82) is 0 Å². The minimum Gasteiger partial charge on any atom is -0.353 e. The minimum absolute atomic E-state index is 0.320. The largest absolute Gasteiger partial charge is 0.353 e. The molecule has 3 atom stereocenters. The van der Waals surface area contributed by atoms with E-state index in [1.54, 1.807) is 0 Å². The van der Waals surface area contributed by atoms with Crippen LogP contribution in [-0.2, 0) is 4.79 Å². The van der Waals surface area contributed by atoms with E-state index in [9.17, 15) is 4.79 Å². The van der Waals surface area contributed by atoms with Crippen LogP contribution in [0.25, 0.3) is 0 Å². The Morgan fingerprint density at radius 3 is 2.33 bits per heavy atom. The van der Waals surface area contributed by atoms with Crippen LogP contribution < -0.4 is 5.32 Å². The summed E-state index contributed by atoms with van der Waals surface area (Å²) < 4.78 is 0. The highest BCUT2D eigenvalue weighted by Crippen LogP contribution is 2.31. The highest BCUT2D eigenvalue weighted by Gasteiger charge is 2.33. The van der Waals surface area contributed by atoms with Crippen molar-refractivity contribution in [1.82, 2.24) is 10.2 Å². The van der Waals surface area contributed by atoms with Gasteiger partial charge in [0.15, 0.2) is 0 Å². The van der Waals surface area contributed by atoms with Gasteiger partial charge in [0.05, 0.1) is 0 Å². The molecule has 0 radical (unpaired) electrons. The van der Waals surface area contributed by atoms with Crippen LogP contribution in [0.2, 0.25) is 0 Å². The number of hydrogen-bond acceptors (Lipinski definition) is 2. The van der Waals surface area contributed by atoms with Crippen LogP contribution >= 0.6 is 0 Å². The Hall–Kier alpha value is -0.570. The smallest absolute Gasteiger partial charge is 0.223 e. The number of carbonyl (C=O) groups is 1. The molecule has 1 aliphatic heterocycles. The van der Waals surface area contributed by atoms with Crippen LogP contribution in [0.3, 0.4) is 0 Å². The Bertz CT molecular complexity index is 345. The number of nitrogens with zero attached hydrogens (tertiary/aromatic N) is 1. The lowest BCUT2D eigenvalue weighted by Gasteiger charge is -2.43. The molecule has 3 nitrogen and oxygen atoms in total. The molecular formula is C18H32N2O. The zero-order chi connectivity index (χ0) is 14.7. The van der Waals surface area contributed by atoms with Crippen LogP contribution in [0.4, 0.5) is 0 Å². The third kappa shape index (κ3) is 3.80. The fraction of sp³-hybridized carbons (Fsp3) is 0.944. The normalized spacial score (nSPS) is 35.8. The molecule has 0 aromatic heterocycles. The SMILES string of the molecule is CC1CC(NC(=O)C2CCCC2)CCC1N1CCCCC1. The quantitative estimate of drug-likeness (QED) is 0.865. The Kier molecular flexibility index (Phi) is 5.20. The summed E-state index contributed by atoms with van der Waals surface area (Å²) in [6.07, 6.45) is 12.5. The second-order valence-electron chi connectivity index (χ2n) is 7.64. The van der Waals surface area contributed by atoms with Crippen molar-refractivity contribution in [3.05, 3.63) is 0 Å². The number of nitrogens with one attached hydrogen (secondary N) is 1. The van der Waals surface area contributed by atoms with Gasteiger partial charge < -0.3 is 10.2 Å². The first-order chi connectivity index (χ1) is 10.2. The van der Waals surface area contributed by atoms with E-state index in [1.807, 2.05) is 0 Å². The van der Waals surface area contributed by atoms with Crippen LogP contribution in [0, 0.1) is 11.8 Å². The van der Waals surface area contributed by atoms with Gasteiger partial charge in [0.25, 0.3) is 0 Å². The van der Waals surface area contributed by atoms with E-state index in [-0.39, 0.29) is 0 Å². The molecule has 1 saturated heterocycles. The number of rotatable bonds is 3. The van der Waals surface area contributed by atoms with E-state index in [0.29, 0.717) is 17.9 Å². The van der Waals surface area contributed by atoms with Gasteiger partial charge in [-0.3, -0.25) is 4.79 Å². The lowest BCUT2D eigenvalue weighted by molar-refractivity contribution is -0.126. The maximum absolute atomic E-state index is 12.3. The van der Waals surface area contributed by atoms with Crippen LogP contribution in [0.15, 0.2) is 0 Å². The summed E-state index contributed by atoms with van der Waals surface area (Å²) >= 11 is 0. The molecule has 21 heavy (non-hydrogen) atoms. The van der Waals surface area contributed by atoms with Gasteiger partial charge in [-0.05, 0) is 64.0 Å². The van der Waals surface area contributed by atoms with Crippen LogP contribution in [0.5, 0.6) is 0 Å². The third-order valence-corrected chi connectivity index (χ3v) is 6.06. The van der Waals surface area contributed by atoms with E-state index in [4.69, 9.17) is 0 Å². The topological polar surface area (TPSA) is 32.3 Å². The number of carbonyl (C=O) groups excluding carboxylic acids is 1. The Balaban J connectivity index is 1.47. The molecule has 1 N–H and O–H groups in total. The molecule has 1 heterocycles. The Labute approximate surface area is 129 Å². The summed E-state index contributed by atoms with van der Waals surface area (Å²) in [5.41, 5.74) is 0. The summed E-state index contributed by atoms with van der Waals surface area (Å²) in [5, 5.41) is 3.36. The van der Waals surface area contributed by atoms with E-state index in [0.717, 1.165) is 24.8 Å². The van der Waals surface area contributed by atoms with Crippen molar-refractivity contribution in [2.24, 2.45) is 11.8 Å². The van der Waals surface area contributed by atoms with Crippen molar-refractivity contribution < 1.29 is 4.79 Å². The van der Waals surface area contributed by atoms with Gasteiger partial charge in [0.2, 0.25) is 5.91 Å². The Morgan fingerprint density at radius 1 is 0.952 bits per heavy atom. The van der Waals surface area contributed by atoms with E-state index >= 15 is 0 Å². The third-order valence-electron chi connectivity index (χ3n) is 6.06. The molecule has 3 fully saturated rings. The number of piperidine rings is 1. The maximum Gasteiger partial charge on any atom is 0.223 e. The van der Waals surface area contributed by atoms with Gasteiger partial charge in [-0.2, -0.15) is 0 Å². The molecule has 0 aromatic rings. The predicted molar refractivity (Wildman–Crippen MR) is 86.1 cm³/mol. The first-order valence-corrected chi connectivity index (χ1v) is 9.28. The molecule has 2 aliphatic carbocycles. The van der Waals surface area contributed by atoms with Crippen molar-refractivity contribution in [3.63, 3.8) is 0 Å². The molecule has 0 aromatic carbocycles. The molecule has 120 valence electrons. The molecule has 0 bridgehead atoms.